The van der Waals surface area contributed by atoms with Crippen LogP contribution in [-0.2, 0) is 10.0 Å². The summed E-state index contributed by atoms with van der Waals surface area (Å²) < 4.78 is 27.0. The summed E-state index contributed by atoms with van der Waals surface area (Å²) in [5.74, 6) is 0. The van der Waals surface area contributed by atoms with E-state index in [-0.39, 0.29) is 24.5 Å². The minimum atomic E-state index is -3.31. The summed E-state index contributed by atoms with van der Waals surface area (Å²) in [7, 11) is -3.31. The minimum Gasteiger partial charge on any atom is -0.311 e. The van der Waals surface area contributed by atoms with Crippen LogP contribution in [0.15, 0.2) is 16.3 Å². The monoisotopic (exact) mass is 310 g/mol. The summed E-state index contributed by atoms with van der Waals surface area (Å²) in [6, 6.07) is 3.78. The summed E-state index contributed by atoms with van der Waals surface area (Å²) in [4.78, 5) is 1.03. The zero-order valence-corrected chi connectivity index (χ0v) is 13.2. The zero-order valence-electron chi connectivity index (χ0n) is 10.7. The van der Waals surface area contributed by atoms with Crippen molar-refractivity contribution in [2.24, 2.45) is 0 Å². The van der Waals surface area contributed by atoms with Crippen LogP contribution in [0.3, 0.4) is 0 Å². The molecule has 1 aliphatic heterocycles. The molecular formula is C11H19ClN2O2S2. The number of nitrogens with one attached hydrogen (secondary N) is 1. The van der Waals surface area contributed by atoms with Crippen LogP contribution in [0.4, 0.5) is 0 Å². The first-order valence-electron chi connectivity index (χ1n) is 5.73. The number of thiophene rings is 1. The lowest BCUT2D eigenvalue weighted by Gasteiger charge is -2.36. The highest BCUT2D eigenvalue weighted by Gasteiger charge is 2.33. The van der Waals surface area contributed by atoms with Crippen LogP contribution in [0.1, 0.15) is 18.7 Å². The summed E-state index contributed by atoms with van der Waals surface area (Å²) >= 11 is 1.34. The smallest absolute Gasteiger partial charge is 0.252 e. The van der Waals surface area contributed by atoms with Crippen LogP contribution in [0, 0.1) is 6.92 Å². The Balaban J connectivity index is 0.00000162. The predicted molar refractivity (Wildman–Crippen MR) is 77.1 cm³/mol. The van der Waals surface area contributed by atoms with E-state index < -0.39 is 10.0 Å². The van der Waals surface area contributed by atoms with Gasteiger partial charge in [0.15, 0.2) is 0 Å². The molecular weight excluding hydrogens is 292 g/mol. The first-order chi connectivity index (χ1) is 7.91. The van der Waals surface area contributed by atoms with E-state index in [0.717, 1.165) is 4.88 Å². The summed E-state index contributed by atoms with van der Waals surface area (Å²) in [5.41, 5.74) is 0. The van der Waals surface area contributed by atoms with Crippen LogP contribution < -0.4 is 5.32 Å². The highest BCUT2D eigenvalue weighted by Crippen LogP contribution is 2.26. The molecule has 1 N–H and O–H groups in total. The lowest BCUT2D eigenvalue weighted by Crippen LogP contribution is -2.55. The van der Waals surface area contributed by atoms with Gasteiger partial charge in [-0.3, -0.25) is 0 Å². The number of hydrogen-bond acceptors (Lipinski definition) is 4. The molecule has 2 rings (SSSR count). The van der Waals surface area contributed by atoms with Crippen molar-refractivity contribution in [2.45, 2.75) is 37.1 Å². The second-order valence-electron chi connectivity index (χ2n) is 4.60. The Morgan fingerprint density at radius 1 is 1.39 bits per heavy atom. The van der Waals surface area contributed by atoms with Gasteiger partial charge in [0.1, 0.15) is 4.21 Å². The maximum absolute atomic E-state index is 12.5. The molecule has 0 radical (unpaired) electrons. The third kappa shape index (κ3) is 3.05. The fourth-order valence-corrected chi connectivity index (χ4v) is 5.12. The number of hydrogen-bond donors (Lipinski definition) is 1. The van der Waals surface area contributed by atoms with E-state index >= 15 is 0 Å². The zero-order chi connectivity index (χ0) is 12.6. The Morgan fingerprint density at radius 2 is 2.06 bits per heavy atom. The Labute approximate surface area is 119 Å². The molecule has 104 valence electrons. The number of halogens is 1. The lowest BCUT2D eigenvalue weighted by molar-refractivity contribution is 0.245. The third-order valence-corrected chi connectivity index (χ3v) is 6.43. The molecule has 0 spiro atoms. The van der Waals surface area contributed by atoms with E-state index in [1.807, 2.05) is 26.8 Å². The Hall–Kier alpha value is -0.140. The van der Waals surface area contributed by atoms with Gasteiger partial charge in [-0.25, -0.2) is 8.42 Å². The van der Waals surface area contributed by atoms with Gasteiger partial charge in [0, 0.05) is 30.1 Å². The van der Waals surface area contributed by atoms with Crippen molar-refractivity contribution in [3.8, 4) is 0 Å². The van der Waals surface area contributed by atoms with Gasteiger partial charge in [-0.05, 0) is 32.9 Å². The molecule has 4 nitrogen and oxygen atoms in total. The van der Waals surface area contributed by atoms with Crippen LogP contribution >= 0.6 is 23.7 Å². The molecule has 1 fully saturated rings. The van der Waals surface area contributed by atoms with Crippen molar-refractivity contribution in [1.82, 2.24) is 9.62 Å². The van der Waals surface area contributed by atoms with Crippen LogP contribution in [0.5, 0.6) is 0 Å². The molecule has 18 heavy (non-hydrogen) atoms. The van der Waals surface area contributed by atoms with Crippen molar-refractivity contribution in [1.29, 1.82) is 0 Å². The fourth-order valence-electron chi connectivity index (χ4n) is 1.99. The van der Waals surface area contributed by atoms with Gasteiger partial charge in [-0.1, -0.05) is 0 Å². The average Bonchev–Trinajstić information content (AvgIpc) is 2.69. The Bertz CT molecular complexity index is 501. The molecule has 2 unspecified atom stereocenters. The first-order valence-corrected chi connectivity index (χ1v) is 7.98. The molecule has 2 heterocycles. The lowest BCUT2D eigenvalue weighted by atomic mass is 10.2. The number of aryl methyl sites for hydroxylation is 1. The summed E-state index contributed by atoms with van der Waals surface area (Å²) in [6.07, 6.45) is 0. The van der Waals surface area contributed by atoms with Crippen LogP contribution in [0.25, 0.3) is 0 Å². The normalized spacial score (nSPS) is 25.7. The first kappa shape index (κ1) is 15.9. The molecule has 0 amide bonds. The molecule has 0 aromatic carbocycles. The van der Waals surface area contributed by atoms with Crippen molar-refractivity contribution < 1.29 is 8.42 Å². The molecule has 0 bridgehead atoms. The number of nitrogens with zero attached hydrogens (tertiary/aromatic N) is 1. The highest BCUT2D eigenvalue weighted by molar-refractivity contribution is 7.91. The molecule has 1 saturated heterocycles. The Morgan fingerprint density at radius 3 is 2.61 bits per heavy atom. The molecule has 1 aromatic heterocycles. The van der Waals surface area contributed by atoms with Crippen LogP contribution in [0.2, 0.25) is 0 Å². The number of sulfonamides is 1. The van der Waals surface area contributed by atoms with Crippen molar-refractivity contribution in [3.63, 3.8) is 0 Å². The van der Waals surface area contributed by atoms with Crippen molar-refractivity contribution >= 4 is 33.8 Å². The predicted octanol–water partition coefficient (Wildman–Crippen LogP) is 1.85. The quantitative estimate of drug-likeness (QED) is 0.907. The summed E-state index contributed by atoms with van der Waals surface area (Å²) in [5, 5.41) is 3.29. The van der Waals surface area contributed by atoms with E-state index in [0.29, 0.717) is 17.3 Å². The van der Waals surface area contributed by atoms with Gasteiger partial charge in [0.25, 0.3) is 10.0 Å². The van der Waals surface area contributed by atoms with Gasteiger partial charge in [-0.2, -0.15) is 4.31 Å². The van der Waals surface area contributed by atoms with E-state index in [2.05, 4.69) is 5.32 Å². The third-order valence-electron chi connectivity index (χ3n) is 2.99. The maximum Gasteiger partial charge on any atom is 0.252 e. The van der Waals surface area contributed by atoms with Gasteiger partial charge in [0.05, 0.1) is 0 Å². The fraction of sp³-hybridized carbons (Fsp3) is 0.636. The Kier molecular flexibility index (Phi) is 5.20. The van der Waals surface area contributed by atoms with Crippen LogP contribution in [-0.4, -0.2) is 37.9 Å². The molecule has 0 saturated carbocycles. The van der Waals surface area contributed by atoms with E-state index in [1.54, 1.807) is 10.4 Å². The topological polar surface area (TPSA) is 49.4 Å². The minimum absolute atomic E-state index is 0. The highest BCUT2D eigenvalue weighted by atomic mass is 35.5. The number of piperazine rings is 1. The molecule has 1 aliphatic rings. The molecule has 0 aliphatic carbocycles. The maximum atomic E-state index is 12.5. The van der Waals surface area contributed by atoms with Crippen molar-refractivity contribution in [2.75, 3.05) is 13.1 Å². The second-order valence-corrected chi connectivity index (χ2v) is 8.00. The van der Waals surface area contributed by atoms with Gasteiger partial charge in [0.2, 0.25) is 0 Å². The van der Waals surface area contributed by atoms with E-state index in [4.69, 9.17) is 0 Å². The largest absolute Gasteiger partial charge is 0.311 e. The van der Waals surface area contributed by atoms with Crippen molar-refractivity contribution in [3.05, 3.63) is 17.0 Å². The average molecular weight is 311 g/mol. The summed E-state index contributed by atoms with van der Waals surface area (Å²) in [6.45, 7) is 7.13. The second kappa shape index (κ2) is 5.88. The standard InChI is InChI=1S/C11H18N2O2S2.ClH/c1-8-7-13(9(2)6-12-8)17(14,15)11-5-4-10(3)16-11;/h4-5,8-9,12H,6-7H2,1-3H3;1H. The van der Waals surface area contributed by atoms with E-state index in [9.17, 15) is 8.42 Å². The van der Waals surface area contributed by atoms with Gasteiger partial charge < -0.3 is 5.32 Å². The van der Waals surface area contributed by atoms with Gasteiger partial charge >= 0.3 is 0 Å². The molecule has 2 atom stereocenters. The number of rotatable bonds is 2. The van der Waals surface area contributed by atoms with E-state index in [1.165, 1.54) is 11.3 Å². The molecule has 7 heteroatoms. The SMILES string of the molecule is Cc1ccc(S(=O)(=O)N2CC(C)NCC2C)s1.Cl. The molecule has 1 aromatic rings. The van der Waals surface area contributed by atoms with Gasteiger partial charge in [-0.15, -0.1) is 23.7 Å².